The third-order valence-corrected chi connectivity index (χ3v) is 7.53. The van der Waals surface area contributed by atoms with E-state index >= 15 is 0 Å². The first kappa shape index (κ1) is 26.5. The van der Waals surface area contributed by atoms with Gasteiger partial charge in [0, 0.05) is 5.56 Å². The fourth-order valence-electron chi connectivity index (χ4n) is 2.61. The van der Waals surface area contributed by atoms with Crippen molar-refractivity contribution >= 4 is 32.2 Å². The lowest BCUT2D eigenvalue weighted by Gasteiger charge is -2.15. The minimum absolute atomic E-state index is 0.436. The van der Waals surface area contributed by atoms with Crippen molar-refractivity contribution in [2.45, 2.75) is 23.6 Å². The van der Waals surface area contributed by atoms with Crippen molar-refractivity contribution < 1.29 is 52.0 Å². The van der Waals surface area contributed by atoms with Crippen molar-refractivity contribution in [2.24, 2.45) is 0 Å². The van der Waals surface area contributed by atoms with Gasteiger partial charge in [-0.2, -0.15) is 0 Å². The van der Waals surface area contributed by atoms with Crippen LogP contribution in [0.5, 0.6) is 0 Å². The smallest absolute Gasteiger partial charge is 0.206 e. The van der Waals surface area contributed by atoms with Crippen molar-refractivity contribution in [3.05, 3.63) is 69.8 Å². The average Bonchev–Trinajstić information content (AvgIpc) is 2.71. The molecule has 15 heteroatoms. The standard InChI is InChI=1S/C18H11F8NO4S2/c1-3-5-7-9(19)13(23)16(26)18(11(7)21)33(30,31)27-32(28,29)17-8(6-4-2)10(20)12(22)14(24)15(17)25/h3-6,27H,1-2H3/b5-3+,6-4+. The summed E-state index contributed by atoms with van der Waals surface area (Å²) in [5.74, 6) is -19.5. The Hall–Kier alpha value is -2.78. The minimum atomic E-state index is -6.05. The van der Waals surface area contributed by atoms with Gasteiger partial charge in [0.2, 0.25) is 0 Å². The Kier molecular flexibility index (Phi) is 7.40. The molecule has 2 rings (SSSR count). The molecule has 33 heavy (non-hydrogen) atoms. The van der Waals surface area contributed by atoms with Gasteiger partial charge in [0.1, 0.15) is 4.90 Å². The lowest BCUT2D eigenvalue weighted by molar-refractivity contribution is 0.394. The molecular weight excluding hydrogens is 510 g/mol. The van der Waals surface area contributed by atoms with Crippen LogP contribution in [0.15, 0.2) is 21.9 Å². The zero-order chi connectivity index (χ0) is 25.5. The van der Waals surface area contributed by atoms with Crippen LogP contribution in [0.3, 0.4) is 0 Å². The summed E-state index contributed by atoms with van der Waals surface area (Å²) in [5, 5.41) is 0. The van der Waals surface area contributed by atoms with E-state index in [9.17, 15) is 52.0 Å². The SMILES string of the molecule is C/C=C/c1c(F)c(F)c(F)c(S(=O)(=O)NS(=O)(=O)c2c(F)c(F)c(F)c(F)c2/C=C/C)c1F. The van der Waals surface area contributed by atoms with E-state index in [1.54, 1.807) is 0 Å². The maximum Gasteiger partial charge on any atom is 0.259 e. The van der Waals surface area contributed by atoms with Crippen molar-refractivity contribution in [3.8, 4) is 0 Å². The molecule has 0 atom stereocenters. The number of sulfonamides is 2. The number of hydrogen-bond donors (Lipinski definition) is 1. The topological polar surface area (TPSA) is 80.3 Å². The van der Waals surface area contributed by atoms with Crippen LogP contribution in [0.1, 0.15) is 25.0 Å². The predicted molar refractivity (Wildman–Crippen MR) is 99.5 cm³/mol. The molecule has 0 spiro atoms. The Morgan fingerprint density at radius 3 is 1.39 bits per heavy atom. The lowest BCUT2D eigenvalue weighted by Crippen LogP contribution is -2.34. The molecule has 0 bridgehead atoms. The number of nitrogens with one attached hydrogen (secondary N) is 1. The number of rotatable bonds is 6. The molecule has 0 fully saturated rings. The molecule has 0 saturated heterocycles. The van der Waals surface area contributed by atoms with Crippen LogP contribution in [0.2, 0.25) is 0 Å². The van der Waals surface area contributed by atoms with E-state index in [4.69, 9.17) is 0 Å². The molecule has 0 radical (unpaired) electrons. The molecule has 5 nitrogen and oxygen atoms in total. The van der Waals surface area contributed by atoms with Gasteiger partial charge in [0.15, 0.2) is 51.4 Å². The van der Waals surface area contributed by atoms with E-state index in [-0.39, 0.29) is 0 Å². The summed E-state index contributed by atoms with van der Waals surface area (Å²) in [5.41, 5.74) is -2.88. The minimum Gasteiger partial charge on any atom is -0.206 e. The molecule has 0 aliphatic carbocycles. The first-order valence-corrected chi connectivity index (χ1v) is 11.4. The molecular formula is C18H11F8NO4S2. The number of benzene rings is 2. The Morgan fingerprint density at radius 1 is 0.515 bits per heavy atom. The molecule has 0 aliphatic heterocycles. The Bertz CT molecular complexity index is 1420. The van der Waals surface area contributed by atoms with Gasteiger partial charge in [0.25, 0.3) is 20.0 Å². The van der Waals surface area contributed by atoms with E-state index < -0.39 is 87.5 Å². The van der Waals surface area contributed by atoms with Gasteiger partial charge in [-0.15, -0.1) is 4.13 Å². The molecule has 0 aromatic heterocycles. The molecule has 2 aromatic carbocycles. The second-order valence-electron chi connectivity index (χ2n) is 6.09. The average molecular weight is 521 g/mol. The number of hydrogen-bond acceptors (Lipinski definition) is 4. The molecule has 2 aromatic rings. The Labute approximate surface area is 182 Å². The first-order chi connectivity index (χ1) is 15.1. The highest BCUT2D eigenvalue weighted by Crippen LogP contribution is 2.32. The zero-order valence-corrected chi connectivity index (χ0v) is 17.9. The van der Waals surface area contributed by atoms with E-state index in [1.165, 1.54) is 6.92 Å². The highest BCUT2D eigenvalue weighted by Gasteiger charge is 2.39. The van der Waals surface area contributed by atoms with E-state index in [2.05, 4.69) is 0 Å². The molecule has 0 aliphatic rings. The number of halogens is 8. The van der Waals surface area contributed by atoms with Crippen LogP contribution in [0, 0.1) is 46.5 Å². The summed E-state index contributed by atoms with van der Waals surface area (Å²) < 4.78 is 162. The molecule has 0 unspecified atom stereocenters. The third-order valence-electron chi connectivity index (χ3n) is 3.94. The summed E-state index contributed by atoms with van der Waals surface area (Å²) in [6.45, 7) is 2.29. The van der Waals surface area contributed by atoms with Crippen molar-refractivity contribution in [3.63, 3.8) is 0 Å². The van der Waals surface area contributed by atoms with Crippen LogP contribution < -0.4 is 4.13 Å². The summed E-state index contributed by atoms with van der Waals surface area (Å²) in [7, 11) is -12.0. The highest BCUT2D eigenvalue weighted by molar-refractivity contribution is 8.04. The fourth-order valence-corrected chi connectivity index (χ4v) is 5.88. The molecule has 0 heterocycles. The van der Waals surface area contributed by atoms with Gasteiger partial charge >= 0.3 is 0 Å². The molecule has 0 amide bonds. The van der Waals surface area contributed by atoms with Crippen molar-refractivity contribution in [1.82, 2.24) is 4.13 Å². The second kappa shape index (κ2) is 9.23. The maximum absolute atomic E-state index is 14.5. The normalized spacial score (nSPS) is 12.9. The summed E-state index contributed by atoms with van der Waals surface area (Å²) in [6, 6.07) is 0. The van der Waals surface area contributed by atoms with Crippen LogP contribution in [0.25, 0.3) is 12.2 Å². The quantitative estimate of drug-likeness (QED) is 0.344. The van der Waals surface area contributed by atoms with Crippen LogP contribution in [-0.2, 0) is 20.0 Å². The largest absolute Gasteiger partial charge is 0.259 e. The van der Waals surface area contributed by atoms with Gasteiger partial charge < -0.3 is 0 Å². The van der Waals surface area contributed by atoms with Gasteiger partial charge in [-0.3, -0.25) is 0 Å². The summed E-state index contributed by atoms with van der Waals surface area (Å²) in [4.78, 5) is -4.40. The molecule has 1 N–H and O–H groups in total. The van der Waals surface area contributed by atoms with Crippen LogP contribution in [-0.4, -0.2) is 16.8 Å². The van der Waals surface area contributed by atoms with Gasteiger partial charge in [-0.25, -0.2) is 52.0 Å². The first-order valence-electron chi connectivity index (χ1n) is 8.39. The van der Waals surface area contributed by atoms with Crippen molar-refractivity contribution in [1.29, 1.82) is 0 Å². The monoisotopic (exact) mass is 521 g/mol. The summed E-state index contributed by atoms with van der Waals surface area (Å²) in [6.07, 6.45) is 2.68. The Morgan fingerprint density at radius 2 is 0.879 bits per heavy atom. The molecule has 180 valence electrons. The second-order valence-corrected chi connectivity index (χ2v) is 9.58. The van der Waals surface area contributed by atoms with Crippen LogP contribution >= 0.6 is 0 Å². The van der Waals surface area contributed by atoms with E-state index in [0.29, 0.717) is 16.3 Å². The van der Waals surface area contributed by atoms with Crippen molar-refractivity contribution in [2.75, 3.05) is 0 Å². The fraction of sp³-hybridized carbons (Fsp3) is 0.111. The van der Waals surface area contributed by atoms with Crippen LogP contribution in [0.4, 0.5) is 35.1 Å². The van der Waals surface area contributed by atoms with Gasteiger partial charge in [-0.1, -0.05) is 24.3 Å². The van der Waals surface area contributed by atoms with E-state index in [0.717, 1.165) is 19.1 Å². The van der Waals surface area contributed by atoms with E-state index in [1.807, 2.05) is 0 Å². The third kappa shape index (κ3) is 4.52. The Balaban J connectivity index is 2.86. The van der Waals surface area contributed by atoms with Gasteiger partial charge in [0.05, 0.1) is 5.56 Å². The molecule has 0 saturated carbocycles. The summed E-state index contributed by atoms with van der Waals surface area (Å²) >= 11 is 0. The number of allylic oxidation sites excluding steroid dienone is 2. The predicted octanol–water partition coefficient (Wildman–Crippen LogP) is 4.53. The lowest BCUT2D eigenvalue weighted by atomic mass is 10.1. The van der Waals surface area contributed by atoms with Gasteiger partial charge in [-0.05, 0) is 13.8 Å². The maximum atomic E-state index is 14.5. The highest BCUT2D eigenvalue weighted by atomic mass is 32.3. The zero-order valence-electron chi connectivity index (χ0n) is 16.3.